The molecule has 0 bridgehead atoms. The molecule has 0 spiro atoms. The Hall–Kier alpha value is -1.10. The first-order valence-electron chi connectivity index (χ1n) is 7.04. The average Bonchev–Trinajstić information content (AvgIpc) is 2.42. The Morgan fingerprint density at radius 3 is 3.00 bits per heavy atom. The molecule has 4 heteroatoms. The van der Waals surface area contributed by atoms with Crippen molar-refractivity contribution in [1.29, 1.82) is 0 Å². The first-order chi connectivity index (χ1) is 9.29. The summed E-state index contributed by atoms with van der Waals surface area (Å²) in [6.07, 6.45) is 3.47. The van der Waals surface area contributed by atoms with Crippen molar-refractivity contribution in [3.05, 3.63) is 29.8 Å². The SMILES string of the molecule is OCCCOc1cccc(CN2CCCCC2O)c1. The molecular weight excluding hydrogens is 242 g/mol. The second-order valence-corrected chi connectivity index (χ2v) is 5.02. The van der Waals surface area contributed by atoms with E-state index in [4.69, 9.17) is 9.84 Å². The highest BCUT2D eigenvalue weighted by molar-refractivity contribution is 5.28. The van der Waals surface area contributed by atoms with Crippen LogP contribution in [0.3, 0.4) is 0 Å². The van der Waals surface area contributed by atoms with Crippen LogP contribution in [0.25, 0.3) is 0 Å². The molecule has 0 saturated carbocycles. The van der Waals surface area contributed by atoms with Crippen LogP contribution in [0.5, 0.6) is 5.75 Å². The number of likely N-dealkylation sites (tertiary alicyclic amines) is 1. The Bertz CT molecular complexity index is 383. The predicted octanol–water partition coefficient (Wildman–Crippen LogP) is 1.75. The molecule has 0 aromatic heterocycles. The van der Waals surface area contributed by atoms with E-state index < -0.39 is 0 Å². The van der Waals surface area contributed by atoms with Gasteiger partial charge in [-0.15, -0.1) is 0 Å². The molecule has 1 fully saturated rings. The molecular formula is C15H23NO3. The van der Waals surface area contributed by atoms with Gasteiger partial charge in [-0.05, 0) is 37.0 Å². The summed E-state index contributed by atoms with van der Waals surface area (Å²) < 4.78 is 5.56. The molecule has 0 radical (unpaired) electrons. The maximum atomic E-state index is 9.94. The Morgan fingerprint density at radius 1 is 1.32 bits per heavy atom. The van der Waals surface area contributed by atoms with Gasteiger partial charge in [0.25, 0.3) is 0 Å². The van der Waals surface area contributed by atoms with Crippen LogP contribution in [0.2, 0.25) is 0 Å². The zero-order valence-electron chi connectivity index (χ0n) is 11.3. The van der Waals surface area contributed by atoms with Gasteiger partial charge in [0, 0.05) is 26.1 Å². The Morgan fingerprint density at radius 2 is 2.21 bits per heavy atom. The number of hydrogen-bond donors (Lipinski definition) is 2. The lowest BCUT2D eigenvalue weighted by Crippen LogP contribution is -2.38. The summed E-state index contributed by atoms with van der Waals surface area (Å²) >= 11 is 0. The monoisotopic (exact) mass is 265 g/mol. The summed E-state index contributed by atoms with van der Waals surface area (Å²) in [7, 11) is 0. The number of aliphatic hydroxyl groups excluding tert-OH is 2. The number of aliphatic hydroxyl groups is 2. The average molecular weight is 265 g/mol. The van der Waals surface area contributed by atoms with Gasteiger partial charge < -0.3 is 14.9 Å². The van der Waals surface area contributed by atoms with Crippen molar-refractivity contribution < 1.29 is 14.9 Å². The summed E-state index contributed by atoms with van der Waals surface area (Å²) in [5.41, 5.74) is 1.16. The third-order valence-corrected chi connectivity index (χ3v) is 3.43. The van der Waals surface area contributed by atoms with Crippen LogP contribution in [-0.2, 0) is 6.54 Å². The number of benzene rings is 1. The molecule has 1 heterocycles. The van der Waals surface area contributed by atoms with Gasteiger partial charge in [0.2, 0.25) is 0 Å². The summed E-state index contributed by atoms with van der Waals surface area (Å²) in [6, 6.07) is 7.96. The summed E-state index contributed by atoms with van der Waals surface area (Å²) in [5.74, 6) is 0.831. The number of nitrogens with zero attached hydrogens (tertiary/aromatic N) is 1. The molecule has 106 valence electrons. The summed E-state index contributed by atoms with van der Waals surface area (Å²) in [4.78, 5) is 2.11. The van der Waals surface area contributed by atoms with E-state index in [1.54, 1.807) is 0 Å². The van der Waals surface area contributed by atoms with E-state index in [1.807, 2.05) is 18.2 Å². The molecule has 1 unspecified atom stereocenters. The molecule has 2 rings (SSSR count). The van der Waals surface area contributed by atoms with Gasteiger partial charge in [0.1, 0.15) is 12.0 Å². The van der Waals surface area contributed by atoms with Gasteiger partial charge >= 0.3 is 0 Å². The number of piperidine rings is 1. The van der Waals surface area contributed by atoms with Crippen LogP contribution >= 0.6 is 0 Å². The largest absolute Gasteiger partial charge is 0.493 e. The van der Waals surface area contributed by atoms with E-state index in [0.29, 0.717) is 13.0 Å². The van der Waals surface area contributed by atoms with Crippen molar-refractivity contribution in [3.8, 4) is 5.75 Å². The third-order valence-electron chi connectivity index (χ3n) is 3.43. The van der Waals surface area contributed by atoms with Crippen molar-refractivity contribution in [2.24, 2.45) is 0 Å². The fourth-order valence-corrected chi connectivity index (χ4v) is 2.38. The van der Waals surface area contributed by atoms with Crippen molar-refractivity contribution in [2.45, 2.75) is 38.5 Å². The highest BCUT2D eigenvalue weighted by Crippen LogP contribution is 2.20. The minimum atomic E-state index is -0.312. The smallest absolute Gasteiger partial charge is 0.119 e. The second kappa shape index (κ2) is 7.48. The Labute approximate surface area is 114 Å². The van der Waals surface area contributed by atoms with Crippen LogP contribution in [0.4, 0.5) is 0 Å². The third kappa shape index (κ3) is 4.49. The van der Waals surface area contributed by atoms with Gasteiger partial charge in [-0.3, -0.25) is 4.90 Å². The van der Waals surface area contributed by atoms with Crippen LogP contribution in [-0.4, -0.2) is 41.1 Å². The fraction of sp³-hybridized carbons (Fsp3) is 0.600. The highest BCUT2D eigenvalue weighted by Gasteiger charge is 2.19. The quantitative estimate of drug-likeness (QED) is 0.769. The highest BCUT2D eigenvalue weighted by atomic mass is 16.5. The van der Waals surface area contributed by atoms with Crippen molar-refractivity contribution >= 4 is 0 Å². The molecule has 0 amide bonds. The second-order valence-electron chi connectivity index (χ2n) is 5.02. The van der Waals surface area contributed by atoms with Crippen molar-refractivity contribution in [2.75, 3.05) is 19.8 Å². The molecule has 1 saturated heterocycles. The lowest BCUT2D eigenvalue weighted by Gasteiger charge is -2.32. The minimum absolute atomic E-state index is 0.152. The van der Waals surface area contributed by atoms with Gasteiger partial charge in [0.15, 0.2) is 0 Å². The zero-order chi connectivity index (χ0) is 13.5. The molecule has 1 aromatic carbocycles. The Balaban J connectivity index is 1.90. The van der Waals surface area contributed by atoms with E-state index in [9.17, 15) is 5.11 Å². The molecule has 4 nitrogen and oxygen atoms in total. The predicted molar refractivity (Wildman–Crippen MR) is 73.9 cm³/mol. The van der Waals surface area contributed by atoms with E-state index in [2.05, 4.69) is 11.0 Å². The van der Waals surface area contributed by atoms with Gasteiger partial charge in [-0.2, -0.15) is 0 Å². The summed E-state index contributed by atoms with van der Waals surface area (Å²) in [5, 5.41) is 18.7. The molecule has 2 N–H and O–H groups in total. The fourth-order valence-electron chi connectivity index (χ4n) is 2.38. The molecule has 1 aliphatic rings. The number of hydrogen-bond acceptors (Lipinski definition) is 4. The number of rotatable bonds is 6. The standard InChI is InChI=1S/C15H23NO3/c17-9-4-10-19-14-6-3-5-13(11-14)12-16-8-2-1-7-15(16)18/h3,5-6,11,15,17-18H,1-2,4,7-10,12H2. The van der Waals surface area contributed by atoms with Crippen molar-refractivity contribution in [3.63, 3.8) is 0 Å². The molecule has 1 aliphatic heterocycles. The van der Waals surface area contributed by atoms with Gasteiger partial charge in [0.05, 0.1) is 6.61 Å². The maximum absolute atomic E-state index is 9.94. The van der Waals surface area contributed by atoms with E-state index in [0.717, 1.165) is 43.7 Å². The van der Waals surface area contributed by atoms with E-state index in [1.165, 1.54) is 0 Å². The first kappa shape index (κ1) is 14.3. The summed E-state index contributed by atoms with van der Waals surface area (Å²) in [6.45, 7) is 2.40. The van der Waals surface area contributed by atoms with Crippen LogP contribution in [0, 0.1) is 0 Å². The lowest BCUT2D eigenvalue weighted by atomic mass is 10.1. The topological polar surface area (TPSA) is 52.9 Å². The lowest BCUT2D eigenvalue weighted by molar-refractivity contribution is -0.0291. The van der Waals surface area contributed by atoms with Crippen LogP contribution in [0.15, 0.2) is 24.3 Å². The maximum Gasteiger partial charge on any atom is 0.119 e. The van der Waals surface area contributed by atoms with E-state index in [-0.39, 0.29) is 12.8 Å². The van der Waals surface area contributed by atoms with Crippen LogP contribution in [0.1, 0.15) is 31.2 Å². The van der Waals surface area contributed by atoms with Gasteiger partial charge in [-0.1, -0.05) is 12.1 Å². The number of ether oxygens (including phenoxy) is 1. The minimum Gasteiger partial charge on any atom is -0.493 e. The Kier molecular flexibility index (Phi) is 5.63. The van der Waals surface area contributed by atoms with Crippen molar-refractivity contribution in [1.82, 2.24) is 4.90 Å². The molecule has 1 atom stereocenters. The van der Waals surface area contributed by atoms with Gasteiger partial charge in [-0.25, -0.2) is 0 Å². The zero-order valence-corrected chi connectivity index (χ0v) is 11.3. The van der Waals surface area contributed by atoms with E-state index >= 15 is 0 Å². The molecule has 0 aliphatic carbocycles. The molecule has 1 aromatic rings. The normalized spacial score (nSPS) is 20.4. The van der Waals surface area contributed by atoms with Crippen LogP contribution < -0.4 is 4.74 Å². The molecule has 19 heavy (non-hydrogen) atoms. The first-order valence-corrected chi connectivity index (χ1v) is 7.04.